The molecule has 1 aliphatic heterocycles. The Labute approximate surface area is 215 Å². The summed E-state index contributed by atoms with van der Waals surface area (Å²) in [4.78, 5) is 22.2. The SMILES string of the molecule is CCCCCCCCCCCCCCCCCOCC(COP(=O)(O)CC[NH+]1CCCC1)OC=O. The molecule has 0 amide bonds. The van der Waals surface area contributed by atoms with Gasteiger partial charge in [0.25, 0.3) is 6.47 Å². The summed E-state index contributed by atoms with van der Waals surface area (Å²) in [5.41, 5.74) is 0. The number of nitrogens with one attached hydrogen (secondary N) is 1. The molecule has 2 unspecified atom stereocenters. The Morgan fingerprint density at radius 2 is 1.34 bits per heavy atom. The molecule has 1 heterocycles. The Balaban J connectivity index is 1.92. The summed E-state index contributed by atoms with van der Waals surface area (Å²) in [6, 6.07) is 0. The third-order valence-electron chi connectivity index (χ3n) is 6.96. The summed E-state index contributed by atoms with van der Waals surface area (Å²) in [6.45, 7) is 6.06. The molecule has 0 aromatic rings. The van der Waals surface area contributed by atoms with Gasteiger partial charge >= 0.3 is 7.60 Å². The summed E-state index contributed by atoms with van der Waals surface area (Å²) in [7, 11) is -3.67. The van der Waals surface area contributed by atoms with Crippen molar-refractivity contribution in [3.63, 3.8) is 0 Å². The smallest absolute Gasteiger partial charge is 0.333 e. The number of rotatable bonds is 26. The van der Waals surface area contributed by atoms with E-state index in [1.807, 2.05) is 0 Å². The van der Waals surface area contributed by atoms with Crippen LogP contribution in [0.25, 0.3) is 0 Å². The molecule has 35 heavy (non-hydrogen) atoms. The molecule has 8 heteroatoms. The van der Waals surface area contributed by atoms with Gasteiger partial charge in [0.2, 0.25) is 0 Å². The lowest BCUT2D eigenvalue weighted by molar-refractivity contribution is -0.884. The third kappa shape index (κ3) is 20.3. The Morgan fingerprint density at radius 3 is 1.86 bits per heavy atom. The maximum atomic E-state index is 12.2. The normalized spacial score (nSPS) is 16.9. The lowest BCUT2D eigenvalue weighted by atomic mass is 10.0. The molecule has 0 bridgehead atoms. The van der Waals surface area contributed by atoms with Crippen LogP contribution in [0.4, 0.5) is 0 Å². The lowest BCUT2D eigenvalue weighted by Crippen LogP contribution is -3.10. The van der Waals surface area contributed by atoms with E-state index in [0.29, 0.717) is 19.6 Å². The summed E-state index contributed by atoms with van der Waals surface area (Å²) < 4.78 is 28.1. The summed E-state index contributed by atoms with van der Waals surface area (Å²) >= 11 is 0. The molecule has 1 fully saturated rings. The molecule has 1 aliphatic rings. The average Bonchev–Trinajstić information content (AvgIpc) is 3.37. The van der Waals surface area contributed by atoms with Crippen molar-refractivity contribution in [2.75, 3.05) is 45.6 Å². The van der Waals surface area contributed by atoms with Gasteiger partial charge in [-0.3, -0.25) is 9.36 Å². The summed E-state index contributed by atoms with van der Waals surface area (Å²) in [5.74, 6) is 0. The first-order valence-corrected chi connectivity index (χ1v) is 16.3. The van der Waals surface area contributed by atoms with Crippen LogP contribution in [0, 0.1) is 0 Å². The summed E-state index contributed by atoms with van der Waals surface area (Å²) in [6.07, 6.45) is 21.7. The van der Waals surface area contributed by atoms with Crippen LogP contribution in [0.1, 0.15) is 116 Å². The van der Waals surface area contributed by atoms with Gasteiger partial charge in [0, 0.05) is 19.4 Å². The van der Waals surface area contributed by atoms with Gasteiger partial charge in [-0.2, -0.15) is 0 Å². The van der Waals surface area contributed by atoms with Gasteiger partial charge in [-0.1, -0.05) is 96.8 Å². The maximum Gasteiger partial charge on any atom is 0.333 e. The maximum absolute atomic E-state index is 12.2. The van der Waals surface area contributed by atoms with Crippen LogP contribution in [0.2, 0.25) is 0 Å². The number of hydrogen-bond donors (Lipinski definition) is 2. The van der Waals surface area contributed by atoms with Crippen molar-refractivity contribution >= 4 is 14.1 Å². The van der Waals surface area contributed by atoms with Crippen LogP contribution in [0.3, 0.4) is 0 Å². The van der Waals surface area contributed by atoms with Gasteiger partial charge in [0.05, 0.1) is 39.0 Å². The Bertz CT molecular complexity index is 530. The first kappa shape index (κ1) is 32.6. The highest BCUT2D eigenvalue weighted by atomic mass is 31.2. The second kappa shape index (κ2) is 22.7. The molecule has 7 nitrogen and oxygen atoms in total. The molecule has 1 saturated heterocycles. The standard InChI is InChI=1S/C27H54NO6P/c1-2-3-4-5-6-7-8-9-10-11-12-13-14-15-18-22-32-24-27(33-26-29)25-34-35(30,31)23-21-28-19-16-17-20-28/h26-27H,2-25H2,1H3,(H,30,31)/p+1. The minimum Gasteiger partial charge on any atom is -0.460 e. The van der Waals surface area contributed by atoms with Crippen molar-refractivity contribution in [1.29, 1.82) is 0 Å². The highest BCUT2D eigenvalue weighted by molar-refractivity contribution is 7.52. The molecule has 0 radical (unpaired) electrons. The molecular weight excluding hydrogens is 465 g/mol. The van der Waals surface area contributed by atoms with Crippen LogP contribution < -0.4 is 4.90 Å². The molecule has 0 spiro atoms. The molecular formula is C27H55NO6P+. The van der Waals surface area contributed by atoms with Gasteiger partial charge in [-0.25, -0.2) is 0 Å². The van der Waals surface area contributed by atoms with Crippen LogP contribution >= 0.6 is 7.60 Å². The fourth-order valence-electron chi connectivity index (χ4n) is 4.68. The Morgan fingerprint density at radius 1 is 0.829 bits per heavy atom. The Kier molecular flexibility index (Phi) is 21.1. The van der Waals surface area contributed by atoms with E-state index in [2.05, 4.69) is 6.92 Å². The zero-order chi connectivity index (χ0) is 25.5. The zero-order valence-corrected chi connectivity index (χ0v) is 23.5. The fraction of sp³-hybridized carbons (Fsp3) is 0.963. The molecule has 1 rings (SSSR count). The molecule has 0 aliphatic carbocycles. The van der Waals surface area contributed by atoms with Crippen LogP contribution in [0.15, 0.2) is 0 Å². The second-order valence-corrected chi connectivity index (χ2v) is 12.2. The van der Waals surface area contributed by atoms with Gasteiger partial charge < -0.3 is 23.8 Å². The van der Waals surface area contributed by atoms with E-state index in [0.717, 1.165) is 25.9 Å². The molecule has 208 valence electrons. The van der Waals surface area contributed by atoms with E-state index in [4.69, 9.17) is 14.0 Å². The minimum absolute atomic E-state index is 0.110. The van der Waals surface area contributed by atoms with E-state index in [-0.39, 0.29) is 19.4 Å². The highest BCUT2D eigenvalue weighted by Gasteiger charge is 2.26. The van der Waals surface area contributed by atoms with Crippen molar-refractivity contribution in [3.05, 3.63) is 0 Å². The predicted octanol–water partition coefficient (Wildman–Crippen LogP) is 5.30. The van der Waals surface area contributed by atoms with Gasteiger partial charge in [-0.15, -0.1) is 0 Å². The molecule has 2 atom stereocenters. The largest absolute Gasteiger partial charge is 0.460 e. The molecule has 0 aromatic carbocycles. The van der Waals surface area contributed by atoms with E-state index in [9.17, 15) is 14.3 Å². The van der Waals surface area contributed by atoms with Gasteiger partial charge in [-0.05, 0) is 6.42 Å². The number of hydrogen-bond acceptors (Lipinski definition) is 5. The number of unbranched alkanes of at least 4 members (excludes halogenated alkanes) is 14. The number of carbonyl (C=O) groups excluding carboxylic acids is 1. The number of carbonyl (C=O) groups is 1. The number of ether oxygens (including phenoxy) is 2. The van der Waals surface area contributed by atoms with Gasteiger partial charge in [0.1, 0.15) is 6.10 Å². The van der Waals surface area contributed by atoms with Gasteiger partial charge in [0.15, 0.2) is 0 Å². The molecule has 0 saturated carbocycles. The van der Waals surface area contributed by atoms with Crippen LogP contribution in [-0.2, 0) is 23.4 Å². The number of likely N-dealkylation sites (tertiary alicyclic amines) is 1. The predicted molar refractivity (Wildman–Crippen MR) is 142 cm³/mol. The first-order chi connectivity index (χ1) is 17.1. The van der Waals surface area contributed by atoms with Crippen molar-refractivity contribution in [3.8, 4) is 0 Å². The van der Waals surface area contributed by atoms with Crippen molar-refractivity contribution in [2.24, 2.45) is 0 Å². The van der Waals surface area contributed by atoms with Crippen molar-refractivity contribution in [1.82, 2.24) is 0 Å². The fourth-order valence-corrected chi connectivity index (χ4v) is 5.81. The average molecular weight is 521 g/mol. The second-order valence-electron chi connectivity index (χ2n) is 10.2. The van der Waals surface area contributed by atoms with E-state index in [1.54, 1.807) is 0 Å². The Hall–Kier alpha value is -0.460. The third-order valence-corrected chi connectivity index (χ3v) is 8.31. The van der Waals surface area contributed by atoms with E-state index < -0.39 is 13.7 Å². The van der Waals surface area contributed by atoms with Crippen molar-refractivity contribution < 1.29 is 33.2 Å². The van der Waals surface area contributed by atoms with E-state index in [1.165, 1.54) is 101 Å². The number of quaternary nitrogens is 1. The lowest BCUT2D eigenvalue weighted by Gasteiger charge is -2.19. The molecule has 0 aromatic heterocycles. The minimum atomic E-state index is -3.67. The molecule has 2 N–H and O–H groups in total. The zero-order valence-electron chi connectivity index (χ0n) is 22.6. The first-order valence-electron chi connectivity index (χ1n) is 14.5. The van der Waals surface area contributed by atoms with Crippen LogP contribution in [0.5, 0.6) is 0 Å². The quantitative estimate of drug-likeness (QED) is 0.0915. The topological polar surface area (TPSA) is 86.5 Å². The van der Waals surface area contributed by atoms with Crippen LogP contribution in [-0.4, -0.2) is 63.1 Å². The van der Waals surface area contributed by atoms with E-state index >= 15 is 0 Å². The van der Waals surface area contributed by atoms with Crippen molar-refractivity contribution in [2.45, 2.75) is 122 Å². The summed E-state index contributed by atoms with van der Waals surface area (Å²) in [5, 5.41) is 0. The monoisotopic (exact) mass is 520 g/mol. The highest BCUT2D eigenvalue weighted by Crippen LogP contribution is 2.41.